The Morgan fingerprint density at radius 1 is 0.344 bits per heavy atom. The van der Waals surface area contributed by atoms with Gasteiger partial charge in [-0.05, 0) is 163 Å². The first-order valence-electron chi connectivity index (χ1n) is 49.4. The lowest BCUT2D eigenvalue weighted by Gasteiger charge is -2.40. The first-order valence-corrected chi connectivity index (χ1v) is 55.1. The quantitative estimate of drug-likeness (QED) is 0.0199. The third kappa shape index (κ3) is 30.5. The summed E-state index contributed by atoms with van der Waals surface area (Å²) < 4.78 is 106. The highest BCUT2D eigenvalue weighted by atomic mass is 31.2. The Bertz CT molecular complexity index is 4740. The van der Waals surface area contributed by atoms with Crippen molar-refractivity contribution in [2.75, 3.05) is 73.4 Å². The Labute approximate surface area is 791 Å². The van der Waals surface area contributed by atoms with E-state index in [1.807, 2.05) is 77.9 Å². The number of hydrogen-bond acceptors (Lipinski definition) is 17. The summed E-state index contributed by atoms with van der Waals surface area (Å²) in [6.45, 7) is 59.9. The molecule has 0 aliphatic carbocycles. The second kappa shape index (κ2) is 49.3. The molecule has 0 N–H and O–H groups in total. The second-order valence-electron chi connectivity index (χ2n) is 42.9. The molecule has 0 saturated carbocycles. The summed E-state index contributed by atoms with van der Waals surface area (Å²) in [4.78, 5) is 19.8. The van der Waals surface area contributed by atoms with Crippen molar-refractivity contribution in [3.05, 3.63) is 195 Å². The van der Waals surface area contributed by atoms with E-state index in [2.05, 4.69) is 244 Å². The lowest BCUT2D eigenvalue weighted by atomic mass is 10.0. The molecule has 1 fully saturated rings. The van der Waals surface area contributed by atoms with Gasteiger partial charge in [-0.3, -0.25) is 10.1 Å². The Balaban J connectivity index is 1.38. The molecule has 0 aromatic heterocycles. The smallest absolute Gasteiger partial charge is 0.270 e. The van der Waals surface area contributed by atoms with Crippen LogP contribution in [0.1, 0.15) is 328 Å². The third-order valence-electron chi connectivity index (χ3n) is 27.1. The average molecular weight is 1860 g/mol. The minimum absolute atomic E-state index is 0.0286. The van der Waals surface area contributed by atoms with Crippen LogP contribution in [0.2, 0.25) is 0 Å². The van der Waals surface area contributed by atoms with Crippen molar-refractivity contribution in [3.8, 4) is 40.2 Å². The fourth-order valence-electron chi connectivity index (χ4n) is 17.8. The molecule has 7 aromatic carbocycles. The molecule has 21 heteroatoms. The molecule has 7 aromatic rings. The van der Waals surface area contributed by atoms with Gasteiger partial charge in [0.2, 0.25) is 0 Å². The molecule has 4 atom stereocenters. The predicted molar refractivity (Wildman–Crippen MR) is 549 cm³/mol. The fourth-order valence-corrected chi connectivity index (χ4v) is 27.1. The van der Waals surface area contributed by atoms with Gasteiger partial charge in [-0.25, -0.2) is 0 Å². The van der Waals surface area contributed by atoms with Crippen molar-refractivity contribution in [1.82, 2.24) is 0 Å². The number of rotatable bonds is 54. The maximum atomic E-state index is 15.1. The van der Waals surface area contributed by atoms with Crippen molar-refractivity contribution in [2.45, 2.75) is 359 Å². The molecule has 1 saturated heterocycles. The standard InChI is InChI=1S/C110H169N4O14P3/c1-27-35-39-82(31-5)75-122-100-59-50-93(112(70-87-45-55-97(56-46-87)127-80-130(118,107(15,16)17)108(18,19)20)74-91-67-95(114(115)116)52-61-102(91)124-77-84(33-7)41-37-29-3)65-89(100)72-111(69-86-43-53-96(54-44-86)126-79-129(117,105(9,10)11)106(12,13)14)92-49-60-101(123-76-83(32-6)40-36-28-2)90(66-92)73-113(71-88-47-57-98(58-48-88)128-81-131(119,109(21,22)23)110(24,25)26)94-51-62-103(99(68-94)104-120-63-64-121-104)125-78-85(34-8)42-38-30-4/h43-62,65-68,82-85,104H,27-42,63-64,69-81H2,1-26H3. The molecule has 0 bridgehead atoms. The van der Waals surface area contributed by atoms with Crippen molar-refractivity contribution in [3.63, 3.8) is 0 Å². The zero-order chi connectivity index (χ0) is 96.3. The molecule has 1 aliphatic heterocycles. The Hall–Kier alpha value is -7.45. The highest BCUT2D eigenvalue weighted by Crippen LogP contribution is 2.69. The van der Waals surface area contributed by atoms with Gasteiger partial charge in [0.15, 0.2) is 6.29 Å². The van der Waals surface area contributed by atoms with Crippen LogP contribution in [-0.2, 0) is 62.4 Å². The summed E-state index contributed by atoms with van der Waals surface area (Å²) in [6.07, 6.45) is 16.4. The van der Waals surface area contributed by atoms with Crippen LogP contribution in [0.15, 0.2) is 146 Å². The maximum absolute atomic E-state index is 15.1. The Kier molecular flexibility index (Phi) is 41.0. The summed E-state index contributed by atoms with van der Waals surface area (Å²) in [5.41, 5.74) is 9.03. The van der Waals surface area contributed by atoms with E-state index >= 15 is 4.57 Å². The van der Waals surface area contributed by atoms with E-state index < -0.39 is 58.7 Å². The second-order valence-corrected chi connectivity index (χ2v) is 56.2. The molecular weight excluding hydrogens is 1690 g/mol. The number of nitrogens with zero attached hydrogens (tertiary/aromatic N) is 4. The van der Waals surface area contributed by atoms with Crippen LogP contribution in [0.25, 0.3) is 0 Å². The number of nitro benzene ring substituents is 1. The van der Waals surface area contributed by atoms with E-state index in [9.17, 15) is 19.2 Å². The van der Waals surface area contributed by atoms with Crippen LogP contribution < -0.4 is 47.9 Å². The van der Waals surface area contributed by atoms with Gasteiger partial charge in [0.1, 0.15) is 80.7 Å². The average Bonchev–Trinajstić information content (AvgIpc) is 0.962. The van der Waals surface area contributed by atoms with Gasteiger partial charge < -0.3 is 71.0 Å². The Morgan fingerprint density at radius 3 is 0.870 bits per heavy atom. The van der Waals surface area contributed by atoms with Crippen LogP contribution in [-0.4, -0.2) is 94.5 Å². The normalized spacial score (nSPS) is 14.3. The monoisotopic (exact) mass is 1860 g/mol. The highest BCUT2D eigenvalue weighted by molar-refractivity contribution is 7.67. The van der Waals surface area contributed by atoms with Crippen molar-refractivity contribution in [1.29, 1.82) is 0 Å². The van der Waals surface area contributed by atoms with Crippen molar-refractivity contribution < 1.29 is 61.3 Å². The third-order valence-corrected chi connectivity index (χ3v) is 41.6. The number of anilines is 3. The molecule has 1 heterocycles. The van der Waals surface area contributed by atoms with Gasteiger partial charge >= 0.3 is 0 Å². The first-order chi connectivity index (χ1) is 61.8. The van der Waals surface area contributed by atoms with E-state index in [1.165, 1.54) is 0 Å². The van der Waals surface area contributed by atoms with Gasteiger partial charge in [0.25, 0.3) is 5.69 Å². The minimum atomic E-state index is -2.94. The molecule has 18 nitrogen and oxygen atoms in total. The van der Waals surface area contributed by atoms with Crippen molar-refractivity contribution >= 4 is 44.2 Å². The minimum Gasteiger partial charge on any atom is -0.493 e. The maximum Gasteiger partial charge on any atom is 0.270 e. The van der Waals surface area contributed by atoms with E-state index in [1.54, 1.807) is 18.2 Å². The molecular formula is C110H169N4O14P3. The van der Waals surface area contributed by atoms with Crippen molar-refractivity contribution in [2.24, 2.45) is 23.7 Å². The number of unbranched alkanes of at least 4 members (excludes halogenated alkanes) is 4. The van der Waals surface area contributed by atoms with E-state index in [0.717, 1.165) is 170 Å². The van der Waals surface area contributed by atoms with Gasteiger partial charge in [0.05, 0.1) is 50.1 Å². The molecule has 4 unspecified atom stereocenters. The zero-order valence-corrected chi connectivity index (χ0v) is 88.2. The van der Waals surface area contributed by atoms with Crippen LogP contribution in [0.3, 0.4) is 0 Å². The zero-order valence-electron chi connectivity index (χ0n) is 85.5. The SMILES string of the molecule is CCCCC(CC)COc1ccc(N(Cc2ccc(OCP(=O)(C(C)(C)C)C(C)(C)C)cc2)Cc2cc([N+](=O)[O-])ccc2OCC(CC)CCCC)cc1CN(Cc1ccc(OCP(=O)(C(C)(C)C)C(C)(C)C)cc1)c1ccc(OCC(CC)CCCC)c(CN(Cc2ccc(OCP(=O)(C(C)(C)C)C(C)(C)C)cc2)c2ccc(OCC(CC)CCCC)c(C3OCCO3)c2)c1. The fraction of sp³-hybridized carbons (Fsp3) is 0.618. The van der Waals surface area contributed by atoms with E-state index in [-0.39, 0.29) is 36.2 Å². The van der Waals surface area contributed by atoms with Crippen LogP contribution in [0.5, 0.6) is 40.2 Å². The highest BCUT2D eigenvalue weighted by Gasteiger charge is 2.49. The molecule has 0 amide bonds. The topological polar surface area (TPSA) is 187 Å². The summed E-state index contributed by atoms with van der Waals surface area (Å²) in [7, 11) is -8.75. The summed E-state index contributed by atoms with van der Waals surface area (Å²) in [5, 5.41) is 10.1. The van der Waals surface area contributed by atoms with Gasteiger partial charge in [-0.2, -0.15) is 0 Å². The molecule has 1 aliphatic rings. The van der Waals surface area contributed by atoms with E-state index in [0.29, 0.717) is 125 Å². The van der Waals surface area contributed by atoms with E-state index in [4.69, 9.17) is 42.6 Å². The number of nitro groups is 1. The molecule has 0 radical (unpaired) electrons. The Morgan fingerprint density at radius 2 is 0.603 bits per heavy atom. The van der Waals surface area contributed by atoms with Gasteiger partial charge in [-0.15, -0.1) is 0 Å². The largest absolute Gasteiger partial charge is 0.493 e. The summed E-state index contributed by atoms with van der Waals surface area (Å²) in [6, 6.07) is 49.1. The summed E-state index contributed by atoms with van der Waals surface area (Å²) in [5.74, 6) is 6.04. The first kappa shape index (κ1) is 109. The molecule has 728 valence electrons. The van der Waals surface area contributed by atoms with Crippen LogP contribution in [0.4, 0.5) is 22.7 Å². The van der Waals surface area contributed by atoms with Crippen LogP contribution >= 0.6 is 21.4 Å². The molecule has 8 rings (SSSR count). The number of non-ortho nitro benzene ring substituents is 1. The lowest BCUT2D eigenvalue weighted by Crippen LogP contribution is -2.31. The van der Waals surface area contributed by atoms with Gasteiger partial charge in [-0.1, -0.05) is 293 Å². The molecule has 0 spiro atoms. The predicted octanol–water partition coefficient (Wildman–Crippen LogP) is 31.5. The molecule has 131 heavy (non-hydrogen) atoms. The lowest BCUT2D eigenvalue weighted by molar-refractivity contribution is -0.384. The van der Waals surface area contributed by atoms with Crippen LogP contribution in [0, 0.1) is 33.8 Å². The van der Waals surface area contributed by atoms with Gasteiger partial charge in [0, 0.05) is 116 Å². The number of ether oxygens (including phenoxy) is 9. The summed E-state index contributed by atoms with van der Waals surface area (Å²) >= 11 is 0. The number of benzene rings is 7. The number of hydrogen-bond donors (Lipinski definition) is 0.